The van der Waals surface area contributed by atoms with Crippen LogP contribution in [0.15, 0.2) is 18.2 Å². The van der Waals surface area contributed by atoms with Gasteiger partial charge in [0.25, 0.3) is 5.69 Å². The summed E-state index contributed by atoms with van der Waals surface area (Å²) in [6, 6.07) is 3.11. The fourth-order valence-electron chi connectivity index (χ4n) is 3.18. The normalized spacial score (nSPS) is 22.8. The predicted molar refractivity (Wildman–Crippen MR) is 74.3 cm³/mol. The molecule has 0 aromatic heterocycles. The molecule has 1 saturated heterocycles. The van der Waals surface area contributed by atoms with E-state index in [1.807, 2.05) is 0 Å². The van der Waals surface area contributed by atoms with E-state index in [0.717, 1.165) is 44.5 Å². The number of rotatable bonds is 3. The maximum Gasteiger partial charge on any atom is 0.274 e. The summed E-state index contributed by atoms with van der Waals surface area (Å²) in [4.78, 5) is 22.2. The number of benzene rings is 1. The van der Waals surface area contributed by atoms with Crippen LogP contribution in [0.5, 0.6) is 0 Å². The van der Waals surface area contributed by atoms with Crippen molar-refractivity contribution in [2.45, 2.75) is 19.3 Å². The highest BCUT2D eigenvalue weighted by Gasteiger charge is 2.57. The molecule has 2 N–H and O–H groups in total. The summed E-state index contributed by atoms with van der Waals surface area (Å²) < 4.78 is 13.3. The summed E-state index contributed by atoms with van der Waals surface area (Å²) in [6.45, 7) is 1.82. The Balaban J connectivity index is 1.70. The van der Waals surface area contributed by atoms with E-state index in [0.29, 0.717) is 0 Å². The van der Waals surface area contributed by atoms with E-state index >= 15 is 0 Å². The van der Waals surface area contributed by atoms with Gasteiger partial charge in [0.1, 0.15) is 5.82 Å². The average molecular weight is 293 g/mol. The van der Waals surface area contributed by atoms with Crippen molar-refractivity contribution >= 4 is 17.3 Å². The number of anilines is 1. The molecule has 112 valence electrons. The molecule has 3 rings (SSSR count). The van der Waals surface area contributed by atoms with Gasteiger partial charge in [-0.05, 0) is 43.8 Å². The van der Waals surface area contributed by atoms with Crippen molar-refractivity contribution in [2.75, 3.05) is 18.4 Å². The first-order valence-electron chi connectivity index (χ1n) is 6.97. The molecule has 1 atom stereocenters. The summed E-state index contributed by atoms with van der Waals surface area (Å²) >= 11 is 0. The largest absolute Gasteiger partial charge is 0.325 e. The van der Waals surface area contributed by atoms with Crippen molar-refractivity contribution in [3.05, 3.63) is 34.1 Å². The first-order valence-corrected chi connectivity index (χ1v) is 6.97. The van der Waals surface area contributed by atoms with Gasteiger partial charge >= 0.3 is 0 Å². The van der Waals surface area contributed by atoms with Crippen LogP contribution in [0.25, 0.3) is 0 Å². The maximum absolute atomic E-state index is 13.3. The van der Waals surface area contributed by atoms with Gasteiger partial charge in [0, 0.05) is 12.0 Å². The van der Waals surface area contributed by atoms with Gasteiger partial charge in [0.15, 0.2) is 0 Å². The Bertz CT molecular complexity index is 599. The highest BCUT2D eigenvalue weighted by molar-refractivity contribution is 5.95. The quantitative estimate of drug-likeness (QED) is 0.660. The molecular formula is C14H16FN3O3. The summed E-state index contributed by atoms with van der Waals surface area (Å²) in [5, 5.41) is 16.6. The van der Waals surface area contributed by atoms with Gasteiger partial charge in [-0.3, -0.25) is 14.9 Å². The fraction of sp³-hybridized carbons (Fsp3) is 0.500. The van der Waals surface area contributed by atoms with Gasteiger partial charge in [0.05, 0.1) is 16.7 Å². The van der Waals surface area contributed by atoms with Gasteiger partial charge in [-0.1, -0.05) is 0 Å². The molecule has 0 radical (unpaired) electrons. The molecule has 1 aromatic rings. The minimum Gasteiger partial charge on any atom is -0.325 e. The number of halogens is 1. The molecule has 1 heterocycles. The van der Waals surface area contributed by atoms with Crippen molar-refractivity contribution in [1.29, 1.82) is 0 Å². The van der Waals surface area contributed by atoms with E-state index < -0.39 is 10.7 Å². The van der Waals surface area contributed by atoms with Crippen molar-refractivity contribution in [2.24, 2.45) is 11.3 Å². The number of nitrogens with zero attached hydrogens (tertiary/aromatic N) is 1. The second-order valence-corrected chi connectivity index (χ2v) is 5.81. The number of carbonyl (C=O) groups excluding carboxylic acids is 1. The van der Waals surface area contributed by atoms with Crippen LogP contribution in [-0.2, 0) is 4.79 Å². The van der Waals surface area contributed by atoms with Gasteiger partial charge in [-0.15, -0.1) is 0 Å². The lowest BCUT2D eigenvalue weighted by Crippen LogP contribution is -2.31. The second kappa shape index (κ2) is 5.07. The highest BCUT2D eigenvalue weighted by Crippen LogP contribution is 2.58. The third-order valence-corrected chi connectivity index (χ3v) is 4.47. The Morgan fingerprint density at radius 1 is 1.38 bits per heavy atom. The van der Waals surface area contributed by atoms with Gasteiger partial charge in [0.2, 0.25) is 5.91 Å². The molecule has 0 bridgehead atoms. The number of piperidine rings is 1. The topological polar surface area (TPSA) is 84.3 Å². The molecule has 7 heteroatoms. The van der Waals surface area contributed by atoms with Gasteiger partial charge in [-0.25, -0.2) is 4.39 Å². The average Bonchev–Trinajstić information content (AvgIpc) is 3.12. The molecule has 1 unspecified atom stereocenters. The summed E-state index contributed by atoms with van der Waals surface area (Å²) in [6.07, 6.45) is 2.78. The molecule has 1 aromatic carbocycles. The minimum absolute atomic E-state index is 0.0677. The second-order valence-electron chi connectivity index (χ2n) is 5.81. The van der Waals surface area contributed by atoms with E-state index in [9.17, 15) is 19.3 Å². The van der Waals surface area contributed by atoms with E-state index in [4.69, 9.17) is 0 Å². The maximum atomic E-state index is 13.3. The number of nitro benzene ring substituents is 1. The Kier molecular flexibility index (Phi) is 3.36. The zero-order chi connectivity index (χ0) is 15.0. The van der Waals surface area contributed by atoms with E-state index in [1.165, 1.54) is 6.07 Å². The van der Waals surface area contributed by atoms with Crippen molar-refractivity contribution in [3.8, 4) is 0 Å². The van der Waals surface area contributed by atoms with E-state index in [2.05, 4.69) is 10.6 Å². The molecule has 6 nitrogen and oxygen atoms in total. The third-order valence-electron chi connectivity index (χ3n) is 4.47. The third kappa shape index (κ3) is 2.73. The van der Waals surface area contributed by atoms with Gasteiger partial charge < -0.3 is 10.6 Å². The van der Waals surface area contributed by atoms with Crippen LogP contribution in [-0.4, -0.2) is 23.9 Å². The van der Waals surface area contributed by atoms with Crippen LogP contribution in [0, 0.1) is 27.3 Å². The fourth-order valence-corrected chi connectivity index (χ4v) is 3.18. The first kappa shape index (κ1) is 13.9. The standard InChI is InChI=1S/C14H16FN3O3/c15-9-5-10(7-11(6-9)18(20)21)17-13(19)12-8-14(12)1-3-16-4-2-14/h5-7,12,16H,1-4,8H2,(H,17,19). The molecule has 1 aliphatic heterocycles. The van der Waals surface area contributed by atoms with Crippen molar-refractivity contribution in [3.63, 3.8) is 0 Å². The SMILES string of the molecule is O=C(Nc1cc(F)cc([N+](=O)[O-])c1)C1CC12CCNCC2. The number of amides is 1. The van der Waals surface area contributed by atoms with Crippen LogP contribution in [0.4, 0.5) is 15.8 Å². The summed E-state index contributed by atoms with van der Waals surface area (Å²) in [5.41, 5.74) is -0.144. The van der Waals surface area contributed by atoms with Crippen LogP contribution in [0.2, 0.25) is 0 Å². The molecule has 1 amide bonds. The Labute approximate surface area is 120 Å². The molecule has 1 aliphatic carbocycles. The van der Waals surface area contributed by atoms with Crippen LogP contribution in [0.3, 0.4) is 0 Å². The molecule has 21 heavy (non-hydrogen) atoms. The number of nitrogens with one attached hydrogen (secondary N) is 2. The Morgan fingerprint density at radius 3 is 2.76 bits per heavy atom. The molecule has 2 fully saturated rings. The molecule has 1 saturated carbocycles. The van der Waals surface area contributed by atoms with Crippen LogP contribution < -0.4 is 10.6 Å². The summed E-state index contributed by atoms with van der Waals surface area (Å²) in [5.74, 6) is -0.967. The highest BCUT2D eigenvalue weighted by atomic mass is 19.1. The lowest BCUT2D eigenvalue weighted by molar-refractivity contribution is -0.385. The zero-order valence-corrected chi connectivity index (χ0v) is 11.4. The lowest BCUT2D eigenvalue weighted by atomic mass is 9.92. The molecular weight excluding hydrogens is 277 g/mol. The Morgan fingerprint density at radius 2 is 2.10 bits per heavy atom. The van der Waals surface area contributed by atoms with Crippen LogP contribution >= 0.6 is 0 Å². The smallest absolute Gasteiger partial charge is 0.274 e. The number of non-ortho nitro benzene ring substituents is 1. The lowest BCUT2D eigenvalue weighted by Gasteiger charge is -2.23. The number of hydrogen-bond acceptors (Lipinski definition) is 4. The molecule has 1 spiro atoms. The summed E-state index contributed by atoms with van der Waals surface area (Å²) in [7, 11) is 0. The first-order chi connectivity index (χ1) is 10.00. The Hall–Kier alpha value is -2.02. The van der Waals surface area contributed by atoms with E-state index in [-0.39, 0.29) is 28.6 Å². The minimum atomic E-state index is -0.730. The number of nitro groups is 1. The zero-order valence-electron chi connectivity index (χ0n) is 11.4. The molecule has 2 aliphatic rings. The number of hydrogen-bond donors (Lipinski definition) is 2. The van der Waals surface area contributed by atoms with Crippen molar-refractivity contribution < 1.29 is 14.1 Å². The van der Waals surface area contributed by atoms with Gasteiger partial charge in [-0.2, -0.15) is 0 Å². The predicted octanol–water partition coefficient (Wildman–Crippen LogP) is 2.06. The monoisotopic (exact) mass is 293 g/mol. The van der Waals surface area contributed by atoms with E-state index in [1.54, 1.807) is 0 Å². The van der Waals surface area contributed by atoms with Crippen LogP contribution in [0.1, 0.15) is 19.3 Å². The number of carbonyl (C=O) groups is 1. The van der Waals surface area contributed by atoms with Crippen molar-refractivity contribution in [1.82, 2.24) is 5.32 Å².